The van der Waals surface area contributed by atoms with Crippen LogP contribution in [0.3, 0.4) is 0 Å². The molecule has 0 rings (SSSR count). The summed E-state index contributed by atoms with van der Waals surface area (Å²) in [7, 11) is 5.95. The highest BCUT2D eigenvalue weighted by molar-refractivity contribution is 5.70. The maximum atomic E-state index is 12.9. The standard InChI is InChI=1S/C78H145NO8/c1-6-8-10-12-14-16-18-20-22-24-26-28-30-32-34-36-37-38-39-41-42-44-46-48-50-52-54-56-58-60-62-64-66-68-75(80)85-72-74(73-86-78(77(82)83)84-71-70-79(3,4)5)87-76(81)69-67-65-63-61-59-57-55-53-51-49-47-45-43-40-35-33-31-29-27-25-23-21-19-17-15-13-11-9-7-2/h9,11,15,17,21,23,27,29,74,78H,6-8,10,12-14,16,18-20,22,24-26,28,30-73H2,1-5H3/b11-9-,17-15-,23-21-,29-27-. The summed E-state index contributed by atoms with van der Waals surface area (Å²) < 4.78 is 22.9. The van der Waals surface area contributed by atoms with Crippen LogP contribution in [-0.2, 0) is 33.3 Å². The van der Waals surface area contributed by atoms with E-state index in [2.05, 4.69) is 62.5 Å². The Balaban J connectivity index is 4.01. The number of likely N-dealkylation sites (N-methyl/N-ethyl adjacent to an activating group) is 1. The maximum absolute atomic E-state index is 12.9. The fourth-order valence-corrected chi connectivity index (χ4v) is 11.4. The monoisotopic (exact) mass is 1220 g/mol. The Morgan fingerprint density at radius 2 is 0.655 bits per heavy atom. The Labute approximate surface area is 540 Å². The van der Waals surface area contributed by atoms with Crippen LogP contribution in [0.15, 0.2) is 48.6 Å². The highest BCUT2D eigenvalue weighted by atomic mass is 16.7. The lowest BCUT2D eigenvalue weighted by Gasteiger charge is -2.26. The van der Waals surface area contributed by atoms with Gasteiger partial charge >= 0.3 is 11.9 Å². The zero-order chi connectivity index (χ0) is 63.3. The molecule has 0 heterocycles. The van der Waals surface area contributed by atoms with Crippen LogP contribution in [0.4, 0.5) is 0 Å². The summed E-state index contributed by atoms with van der Waals surface area (Å²) in [4.78, 5) is 37.5. The first kappa shape index (κ1) is 84.2. The van der Waals surface area contributed by atoms with Crippen molar-refractivity contribution in [2.75, 3.05) is 47.5 Å². The van der Waals surface area contributed by atoms with Gasteiger partial charge in [0.1, 0.15) is 13.2 Å². The Bertz CT molecular complexity index is 1570. The first-order chi connectivity index (χ1) is 42.6. The minimum absolute atomic E-state index is 0.150. The van der Waals surface area contributed by atoms with Crippen LogP contribution < -0.4 is 5.11 Å². The number of unbranched alkanes of at least 4 members (excludes halogenated alkanes) is 48. The second-order valence-corrected chi connectivity index (χ2v) is 26.9. The quantitative estimate of drug-likeness (QED) is 0.0195. The van der Waals surface area contributed by atoms with Gasteiger partial charge in [0.2, 0.25) is 0 Å². The number of allylic oxidation sites excluding steroid dienone is 8. The van der Waals surface area contributed by atoms with Crippen molar-refractivity contribution < 1.29 is 42.9 Å². The molecule has 0 aliphatic carbocycles. The summed E-state index contributed by atoms with van der Waals surface area (Å²) in [5.41, 5.74) is 0. The van der Waals surface area contributed by atoms with Crippen molar-refractivity contribution in [3.63, 3.8) is 0 Å². The molecule has 0 fully saturated rings. The van der Waals surface area contributed by atoms with Gasteiger partial charge in [-0.05, 0) is 51.4 Å². The zero-order valence-corrected chi connectivity index (χ0v) is 58.4. The topological polar surface area (TPSA) is 111 Å². The predicted octanol–water partition coefficient (Wildman–Crippen LogP) is 22.4. The van der Waals surface area contributed by atoms with Gasteiger partial charge in [0.25, 0.3) is 0 Å². The Kier molecular flexibility index (Phi) is 67.0. The number of quaternary nitrogens is 1. The molecule has 2 unspecified atom stereocenters. The molecular weight excluding hydrogens is 1080 g/mol. The van der Waals surface area contributed by atoms with Gasteiger partial charge in [-0.1, -0.05) is 358 Å². The van der Waals surface area contributed by atoms with Crippen LogP contribution in [0.25, 0.3) is 0 Å². The predicted molar refractivity (Wildman–Crippen MR) is 371 cm³/mol. The van der Waals surface area contributed by atoms with Crippen LogP contribution in [0, 0.1) is 0 Å². The highest BCUT2D eigenvalue weighted by Crippen LogP contribution is 2.19. The second-order valence-electron chi connectivity index (χ2n) is 26.9. The summed E-state index contributed by atoms with van der Waals surface area (Å²) in [6.45, 7) is 4.71. The van der Waals surface area contributed by atoms with E-state index in [0.29, 0.717) is 23.9 Å². The van der Waals surface area contributed by atoms with Gasteiger partial charge in [-0.25, -0.2) is 0 Å². The molecule has 0 radical (unpaired) electrons. The van der Waals surface area contributed by atoms with Crippen molar-refractivity contribution in [3.05, 3.63) is 48.6 Å². The van der Waals surface area contributed by atoms with Gasteiger partial charge in [-0.2, -0.15) is 0 Å². The smallest absolute Gasteiger partial charge is 0.306 e. The van der Waals surface area contributed by atoms with E-state index in [0.717, 1.165) is 57.8 Å². The zero-order valence-electron chi connectivity index (χ0n) is 58.4. The molecule has 0 aliphatic rings. The number of carbonyl (C=O) groups excluding carboxylic acids is 3. The number of esters is 2. The normalized spacial score (nSPS) is 12.9. The number of nitrogens with zero attached hydrogens (tertiary/aromatic N) is 1. The third kappa shape index (κ3) is 70.6. The largest absolute Gasteiger partial charge is 0.545 e. The van der Waals surface area contributed by atoms with Crippen LogP contribution in [0.5, 0.6) is 0 Å². The molecule has 510 valence electrons. The lowest BCUT2D eigenvalue weighted by atomic mass is 10.0. The molecule has 0 saturated heterocycles. The number of carboxylic acids is 1. The molecule has 9 heteroatoms. The number of aliphatic carboxylic acids is 1. The molecule has 0 aliphatic heterocycles. The summed E-state index contributed by atoms with van der Waals surface area (Å²) in [5, 5.41) is 11.8. The average Bonchev–Trinajstić information content (AvgIpc) is 3.57. The van der Waals surface area contributed by atoms with Gasteiger partial charge in [-0.15, -0.1) is 0 Å². The molecule has 0 aromatic rings. The highest BCUT2D eigenvalue weighted by Gasteiger charge is 2.22. The summed E-state index contributed by atoms with van der Waals surface area (Å²) in [6, 6.07) is 0. The van der Waals surface area contributed by atoms with E-state index in [1.165, 1.54) is 283 Å². The molecule has 87 heavy (non-hydrogen) atoms. The first-order valence-electron chi connectivity index (χ1n) is 37.8. The molecule has 0 N–H and O–H groups in total. The number of hydrogen-bond donors (Lipinski definition) is 0. The molecule has 0 aromatic heterocycles. The van der Waals surface area contributed by atoms with Crippen molar-refractivity contribution in [1.82, 2.24) is 0 Å². The van der Waals surface area contributed by atoms with Crippen molar-refractivity contribution >= 4 is 17.9 Å². The lowest BCUT2D eigenvalue weighted by Crippen LogP contribution is -2.44. The molecule has 2 atom stereocenters. The van der Waals surface area contributed by atoms with E-state index in [4.69, 9.17) is 18.9 Å². The fourth-order valence-electron chi connectivity index (χ4n) is 11.4. The van der Waals surface area contributed by atoms with Gasteiger partial charge in [0, 0.05) is 12.8 Å². The van der Waals surface area contributed by atoms with E-state index in [1.54, 1.807) is 0 Å². The fraction of sp³-hybridized carbons (Fsp3) is 0.859. The Morgan fingerprint density at radius 3 is 0.977 bits per heavy atom. The van der Waals surface area contributed by atoms with Crippen molar-refractivity contribution in [2.45, 2.75) is 386 Å². The third-order valence-electron chi connectivity index (χ3n) is 17.1. The van der Waals surface area contributed by atoms with Gasteiger partial charge in [0.15, 0.2) is 12.4 Å². The molecule has 0 aromatic carbocycles. The van der Waals surface area contributed by atoms with E-state index in [1.807, 2.05) is 21.1 Å². The Hall–Kier alpha value is -2.75. The first-order valence-corrected chi connectivity index (χ1v) is 37.8. The summed E-state index contributed by atoms with van der Waals surface area (Å²) in [5.74, 6) is -2.26. The minimum atomic E-state index is -1.62. The van der Waals surface area contributed by atoms with Crippen molar-refractivity contribution in [1.29, 1.82) is 0 Å². The minimum Gasteiger partial charge on any atom is -0.545 e. The number of carboxylic acid groups (broad SMARTS) is 1. The van der Waals surface area contributed by atoms with Crippen LogP contribution in [0.1, 0.15) is 373 Å². The molecule has 0 saturated carbocycles. The van der Waals surface area contributed by atoms with E-state index in [9.17, 15) is 19.5 Å². The number of hydrogen-bond acceptors (Lipinski definition) is 8. The van der Waals surface area contributed by atoms with Gasteiger partial charge in [-0.3, -0.25) is 9.59 Å². The van der Waals surface area contributed by atoms with Gasteiger partial charge < -0.3 is 33.3 Å². The lowest BCUT2D eigenvalue weighted by molar-refractivity contribution is -0.870. The molecular formula is C78H145NO8. The van der Waals surface area contributed by atoms with Gasteiger partial charge in [0.05, 0.1) is 40.3 Å². The van der Waals surface area contributed by atoms with E-state index in [-0.39, 0.29) is 32.2 Å². The van der Waals surface area contributed by atoms with Crippen LogP contribution >= 0.6 is 0 Å². The summed E-state index contributed by atoms with van der Waals surface area (Å²) >= 11 is 0. The molecule has 0 bridgehead atoms. The number of carbonyl (C=O) groups is 3. The molecule has 0 amide bonds. The number of ether oxygens (including phenoxy) is 4. The van der Waals surface area contributed by atoms with E-state index < -0.39 is 24.3 Å². The maximum Gasteiger partial charge on any atom is 0.306 e. The average molecular weight is 1230 g/mol. The Morgan fingerprint density at radius 1 is 0.356 bits per heavy atom. The van der Waals surface area contributed by atoms with Crippen LogP contribution in [0.2, 0.25) is 0 Å². The van der Waals surface area contributed by atoms with Crippen LogP contribution in [-0.4, -0.2) is 82.3 Å². The summed E-state index contributed by atoms with van der Waals surface area (Å²) in [6.07, 6.45) is 86.5. The number of rotatable bonds is 71. The van der Waals surface area contributed by atoms with Crippen molar-refractivity contribution in [3.8, 4) is 0 Å². The molecule has 0 spiro atoms. The van der Waals surface area contributed by atoms with Crippen molar-refractivity contribution in [2.24, 2.45) is 0 Å². The second kappa shape index (κ2) is 69.1. The third-order valence-corrected chi connectivity index (χ3v) is 17.1. The molecule has 9 nitrogen and oxygen atoms in total. The SMILES string of the molecule is CC/C=C\C/C=C\C/C=C\C/C=C\CCCCCCCCCCCCCCCCCCC(=O)OC(COC(=O)CCCCCCCCCCCCCCCCCCCCCCCCCCCCCCCCCCC)COC(OCC[N+](C)(C)C)C(=O)[O-]. The van der Waals surface area contributed by atoms with E-state index >= 15 is 0 Å².